The average Bonchev–Trinajstić information content (AvgIpc) is 2.80. The van der Waals surface area contributed by atoms with Gasteiger partial charge in [0, 0.05) is 0 Å². The Morgan fingerprint density at radius 3 is 1.57 bits per heavy atom. The van der Waals surface area contributed by atoms with E-state index in [0.29, 0.717) is 0 Å². The minimum absolute atomic E-state index is 1.34. The van der Waals surface area contributed by atoms with Crippen molar-refractivity contribution in [2.75, 3.05) is 0 Å². The Labute approximate surface area is 80.6 Å². The Morgan fingerprint density at radius 1 is 1.00 bits per heavy atom. The highest BCUT2D eigenvalue weighted by Crippen LogP contribution is 1.92. The molecule has 1 heterocycles. The molecule has 1 rings (SSSR count). The molecule has 7 heteroatoms. The van der Waals surface area contributed by atoms with Gasteiger partial charge < -0.3 is 0 Å². The van der Waals surface area contributed by atoms with E-state index in [0.717, 1.165) is 0 Å². The fourth-order valence-electron chi connectivity index (χ4n) is 0.414. The molecule has 1 aromatic rings. The summed E-state index contributed by atoms with van der Waals surface area (Å²) in [7, 11) is 0. The first-order valence-electron chi connectivity index (χ1n) is 3.54. The number of H-pyrrole nitrogens is 2. The van der Waals surface area contributed by atoms with Gasteiger partial charge in [0.25, 0.3) is 0 Å². The highest BCUT2D eigenvalue weighted by molar-refractivity contribution is 7.05. The maximum absolute atomic E-state index is 8.09. The van der Waals surface area contributed by atoms with Crippen molar-refractivity contribution in [3.05, 3.63) is 18.7 Å². The van der Waals surface area contributed by atoms with Crippen molar-refractivity contribution in [2.24, 2.45) is 0 Å². The summed E-state index contributed by atoms with van der Waals surface area (Å²) < 4.78 is 0. The van der Waals surface area contributed by atoms with Crippen LogP contribution in [-0.4, -0.2) is 11.1 Å². The van der Waals surface area contributed by atoms with E-state index in [1.807, 2.05) is 12.4 Å². The van der Waals surface area contributed by atoms with Crippen molar-refractivity contribution >= 4 is 6.15 Å². The van der Waals surface area contributed by atoms with E-state index in [4.69, 9.17) is 21.0 Å². The van der Waals surface area contributed by atoms with Crippen LogP contribution in [0.3, 0.4) is 0 Å². The summed E-state index contributed by atoms with van der Waals surface area (Å²) in [5.41, 5.74) is 0. The third kappa shape index (κ3) is 3.09. The summed E-state index contributed by atoms with van der Waals surface area (Å²) >= 11 is 0. The Bertz CT molecular complexity index is 344. The fraction of sp³-hybridized carbons (Fsp3) is 0. The van der Waals surface area contributed by atoms with Gasteiger partial charge >= 0.3 is 6.15 Å². The van der Waals surface area contributed by atoms with Crippen LogP contribution in [0.4, 0.5) is 0 Å². The van der Waals surface area contributed by atoms with E-state index in [1.54, 1.807) is 6.33 Å². The van der Waals surface area contributed by atoms with Crippen LogP contribution in [-0.2, 0) is 0 Å². The summed E-state index contributed by atoms with van der Waals surface area (Å²) in [5.74, 6) is 5.38. The summed E-state index contributed by atoms with van der Waals surface area (Å²) in [6, 6.07) is 0. The van der Waals surface area contributed by atoms with Gasteiger partial charge in [-0.1, -0.05) is 0 Å². The van der Waals surface area contributed by atoms with E-state index in [-0.39, 0.29) is 0 Å². The topological polar surface area (TPSA) is 125 Å². The summed E-state index contributed by atoms with van der Waals surface area (Å²) in [6.45, 7) is 0. The normalized spacial score (nSPS) is 7.71. The molecule has 0 fully saturated rings. The SMILES string of the molecule is N#C[B-](C#N)(C#N)C#N.c1c[nH+]c[nH]1. The molecule has 0 bridgehead atoms. The van der Waals surface area contributed by atoms with Gasteiger partial charge in [-0.25, -0.2) is 21.0 Å². The van der Waals surface area contributed by atoms with E-state index in [9.17, 15) is 0 Å². The molecule has 0 aromatic carbocycles. The van der Waals surface area contributed by atoms with E-state index in [1.165, 1.54) is 23.9 Å². The summed E-state index contributed by atoms with van der Waals surface area (Å²) in [6.07, 6.45) is 2.67. The minimum atomic E-state index is -2.72. The van der Waals surface area contributed by atoms with Crippen molar-refractivity contribution < 1.29 is 4.98 Å². The first-order valence-corrected chi connectivity index (χ1v) is 3.54. The van der Waals surface area contributed by atoms with Crippen molar-refractivity contribution in [2.45, 2.75) is 0 Å². The van der Waals surface area contributed by atoms with Crippen LogP contribution in [0.1, 0.15) is 0 Å². The monoisotopic (exact) mass is 184 g/mol. The maximum atomic E-state index is 8.09. The van der Waals surface area contributed by atoms with Crippen molar-refractivity contribution in [3.8, 4) is 23.9 Å². The Kier molecular flexibility index (Phi) is 4.68. The van der Waals surface area contributed by atoms with Gasteiger partial charge in [0.2, 0.25) is 6.33 Å². The zero-order valence-corrected chi connectivity index (χ0v) is 7.10. The van der Waals surface area contributed by atoms with Gasteiger partial charge in [-0.05, 0) is 0 Å². The molecule has 0 unspecified atom stereocenters. The van der Waals surface area contributed by atoms with Gasteiger partial charge in [0.05, 0.1) is 0 Å². The number of hydrogen-bond donors (Lipinski definition) is 1. The highest BCUT2D eigenvalue weighted by Gasteiger charge is 2.22. The van der Waals surface area contributed by atoms with E-state index in [2.05, 4.69) is 9.97 Å². The van der Waals surface area contributed by atoms with Gasteiger partial charge in [0.15, 0.2) is 0 Å². The molecule has 0 spiro atoms. The molecule has 66 valence electrons. The number of nitrogens with one attached hydrogen (secondary N) is 2. The lowest BCUT2D eigenvalue weighted by Crippen LogP contribution is -2.26. The molecule has 0 atom stereocenters. The van der Waals surface area contributed by atoms with Gasteiger partial charge in [-0.15, -0.1) is 23.9 Å². The van der Waals surface area contributed by atoms with Crippen molar-refractivity contribution in [1.82, 2.24) is 4.98 Å². The van der Waals surface area contributed by atoms with Crippen LogP contribution in [0.5, 0.6) is 0 Å². The highest BCUT2D eigenvalue weighted by atomic mass is 14.8. The van der Waals surface area contributed by atoms with Crippen LogP contribution in [0.25, 0.3) is 0 Å². The van der Waals surface area contributed by atoms with E-state index >= 15 is 0 Å². The quantitative estimate of drug-likeness (QED) is 0.546. The first kappa shape index (κ1) is 11.2. The third-order valence-electron chi connectivity index (χ3n) is 1.22. The molecule has 2 N–H and O–H groups in total. The van der Waals surface area contributed by atoms with Crippen molar-refractivity contribution in [3.63, 3.8) is 0 Å². The fourth-order valence-corrected chi connectivity index (χ4v) is 0.414. The first-order chi connectivity index (χ1) is 6.74. The molecule has 0 saturated heterocycles. The largest absolute Gasteiger partial charge is 0.383 e. The second kappa shape index (κ2) is 5.83. The second-order valence-corrected chi connectivity index (χ2v) is 2.19. The smallest absolute Gasteiger partial charge is 0.250 e. The van der Waals surface area contributed by atoms with Crippen LogP contribution in [0.2, 0.25) is 0 Å². The Balaban J connectivity index is 0.000000280. The molecule has 6 nitrogen and oxygen atoms in total. The number of rotatable bonds is 0. The molecule has 0 aliphatic heterocycles. The molecule has 1 aromatic heterocycles. The third-order valence-corrected chi connectivity index (χ3v) is 1.22. The molecule has 0 aliphatic carbocycles. The lowest BCUT2D eigenvalue weighted by Gasteiger charge is -1.98. The van der Waals surface area contributed by atoms with Gasteiger partial charge in [-0.2, -0.15) is 0 Å². The lowest BCUT2D eigenvalue weighted by atomic mass is 9.30. The number of nitriles is 4. The Morgan fingerprint density at radius 2 is 1.50 bits per heavy atom. The number of imidazole rings is 1. The van der Waals surface area contributed by atoms with Crippen LogP contribution in [0.15, 0.2) is 18.7 Å². The number of aromatic nitrogens is 2. The predicted octanol–water partition coefficient (Wildman–Crippen LogP) is -0.485. The lowest BCUT2D eigenvalue weighted by molar-refractivity contribution is -0.375. The van der Waals surface area contributed by atoms with Gasteiger partial charge in [-0.3, -0.25) is 9.97 Å². The summed E-state index contributed by atoms with van der Waals surface area (Å²) in [4.78, 5) is 5.61. The number of nitrogens with zero attached hydrogens (tertiary/aromatic N) is 4. The molecule has 0 saturated carbocycles. The molecule has 0 radical (unpaired) electrons. The van der Waals surface area contributed by atoms with Crippen LogP contribution >= 0.6 is 0 Å². The predicted molar refractivity (Wildman–Crippen MR) is 45.6 cm³/mol. The number of hydrogen-bond acceptors (Lipinski definition) is 4. The molecular formula is C7H5BN6. The molecular weight excluding hydrogens is 179 g/mol. The van der Waals surface area contributed by atoms with Crippen LogP contribution < -0.4 is 4.98 Å². The average molecular weight is 184 g/mol. The minimum Gasteiger partial charge on any atom is -0.250 e. The maximum Gasteiger partial charge on any atom is 0.383 e. The zero-order valence-electron chi connectivity index (χ0n) is 7.10. The van der Waals surface area contributed by atoms with Crippen LogP contribution in [0, 0.1) is 44.9 Å². The van der Waals surface area contributed by atoms with E-state index < -0.39 is 6.15 Å². The molecule has 0 amide bonds. The van der Waals surface area contributed by atoms with Gasteiger partial charge in [0.1, 0.15) is 12.4 Å². The standard InChI is InChI=1S/C4BN4.C3H4N2/c6-1-5(2-7,3-8)4-9;1-2-5-3-4-1/h;1-3H,(H,4,5)/q-1;/p+1. The molecule has 14 heavy (non-hydrogen) atoms. The number of aromatic amines is 2. The molecule has 0 aliphatic rings. The van der Waals surface area contributed by atoms with Crippen molar-refractivity contribution in [1.29, 1.82) is 21.0 Å². The summed E-state index contributed by atoms with van der Waals surface area (Å²) in [5, 5.41) is 32.3. The zero-order chi connectivity index (χ0) is 10.9. The Hall–Kier alpha value is -2.77. The second-order valence-electron chi connectivity index (χ2n) is 2.19.